The zero-order valence-corrected chi connectivity index (χ0v) is 14.1. The number of likely N-dealkylation sites (tertiary alicyclic amines) is 1. The Morgan fingerprint density at radius 3 is 2.55 bits per heavy atom. The molecule has 3 heterocycles. The molecule has 120 valence electrons. The molecule has 0 aromatic carbocycles. The van der Waals surface area contributed by atoms with Crippen LogP contribution in [0.5, 0.6) is 0 Å². The Bertz CT molecular complexity index is 570. The van der Waals surface area contributed by atoms with Crippen LogP contribution in [-0.2, 0) is 11.2 Å². The molecule has 0 spiro atoms. The molecule has 2 aliphatic rings. The summed E-state index contributed by atoms with van der Waals surface area (Å²) < 4.78 is 0. The van der Waals surface area contributed by atoms with Crippen LogP contribution in [0.1, 0.15) is 44.0 Å². The second-order valence-electron chi connectivity index (χ2n) is 6.14. The average Bonchev–Trinajstić information content (AvgIpc) is 2.96. The van der Waals surface area contributed by atoms with E-state index in [1.54, 1.807) is 0 Å². The molecule has 0 bridgehead atoms. The van der Waals surface area contributed by atoms with Gasteiger partial charge in [0.15, 0.2) is 0 Å². The first-order valence-electron chi connectivity index (χ1n) is 8.17. The summed E-state index contributed by atoms with van der Waals surface area (Å²) in [4.78, 5) is 25.2. The number of hydrogen-bond acceptors (Lipinski definition) is 4. The lowest BCUT2D eigenvalue weighted by molar-refractivity contribution is -0.130. The number of piperidine rings is 1. The van der Waals surface area contributed by atoms with E-state index in [-0.39, 0.29) is 0 Å². The Hall–Kier alpha value is -1.36. The maximum atomic E-state index is 11.9. The molecule has 5 nitrogen and oxygen atoms in total. The van der Waals surface area contributed by atoms with Crippen molar-refractivity contribution in [1.82, 2.24) is 14.9 Å². The van der Waals surface area contributed by atoms with Crippen LogP contribution in [0.2, 0.25) is 5.15 Å². The minimum Gasteiger partial charge on any atom is -0.356 e. The van der Waals surface area contributed by atoms with Crippen molar-refractivity contribution in [2.45, 2.75) is 52.0 Å². The first kappa shape index (κ1) is 15.5. The van der Waals surface area contributed by atoms with Gasteiger partial charge in [0.05, 0.1) is 0 Å². The smallest absolute Gasteiger partial charge is 0.222 e. The van der Waals surface area contributed by atoms with Gasteiger partial charge in [-0.2, -0.15) is 0 Å². The summed E-state index contributed by atoms with van der Waals surface area (Å²) in [6, 6.07) is 0.398. The van der Waals surface area contributed by atoms with Crippen LogP contribution in [0.4, 0.5) is 5.82 Å². The fraction of sp³-hybridized carbons (Fsp3) is 0.688. The van der Waals surface area contributed by atoms with Gasteiger partial charge in [0.1, 0.15) is 16.8 Å². The third-order valence-corrected chi connectivity index (χ3v) is 5.11. The highest BCUT2D eigenvalue weighted by Crippen LogP contribution is 2.28. The number of anilines is 1. The van der Waals surface area contributed by atoms with Gasteiger partial charge in [-0.25, -0.2) is 9.97 Å². The predicted molar refractivity (Wildman–Crippen MR) is 87.3 cm³/mol. The third kappa shape index (κ3) is 2.91. The van der Waals surface area contributed by atoms with Gasteiger partial charge in [-0.3, -0.25) is 4.79 Å². The van der Waals surface area contributed by atoms with Crippen molar-refractivity contribution in [3.05, 3.63) is 16.5 Å². The third-order valence-electron chi connectivity index (χ3n) is 4.74. The van der Waals surface area contributed by atoms with E-state index in [4.69, 9.17) is 11.6 Å². The lowest BCUT2D eigenvalue weighted by atomic mass is 10.0. The summed E-state index contributed by atoms with van der Waals surface area (Å²) in [7, 11) is 0. The van der Waals surface area contributed by atoms with Gasteiger partial charge in [0, 0.05) is 44.1 Å². The van der Waals surface area contributed by atoms with Crippen LogP contribution >= 0.6 is 11.6 Å². The van der Waals surface area contributed by atoms with Crippen molar-refractivity contribution in [2.24, 2.45) is 0 Å². The number of carbonyl (C=O) groups excluding carboxylic acids is 1. The molecule has 1 aromatic rings. The van der Waals surface area contributed by atoms with E-state index < -0.39 is 0 Å². The van der Waals surface area contributed by atoms with E-state index in [1.165, 1.54) is 0 Å². The molecule has 3 rings (SSSR count). The Balaban J connectivity index is 1.71. The van der Waals surface area contributed by atoms with Gasteiger partial charge in [-0.1, -0.05) is 18.5 Å². The number of amides is 1. The lowest BCUT2D eigenvalue weighted by Gasteiger charge is -2.37. The number of carbonyl (C=O) groups is 1. The molecule has 2 fully saturated rings. The van der Waals surface area contributed by atoms with Crippen LogP contribution in [0.15, 0.2) is 0 Å². The van der Waals surface area contributed by atoms with E-state index in [9.17, 15) is 4.79 Å². The van der Waals surface area contributed by atoms with Gasteiger partial charge in [-0.15, -0.1) is 0 Å². The van der Waals surface area contributed by atoms with Gasteiger partial charge in [0.25, 0.3) is 0 Å². The molecule has 0 aliphatic carbocycles. The average molecular weight is 323 g/mol. The van der Waals surface area contributed by atoms with Gasteiger partial charge in [-0.05, 0) is 26.2 Å². The summed E-state index contributed by atoms with van der Waals surface area (Å²) in [5.74, 6) is 2.08. The molecule has 0 saturated carbocycles. The molecule has 0 unspecified atom stereocenters. The molecule has 1 amide bonds. The molecule has 0 N–H and O–H groups in total. The van der Waals surface area contributed by atoms with Crippen LogP contribution in [-0.4, -0.2) is 46.5 Å². The molecule has 0 atom stereocenters. The minimum atomic E-state index is 0.327. The minimum absolute atomic E-state index is 0.327. The number of rotatable bonds is 3. The van der Waals surface area contributed by atoms with E-state index >= 15 is 0 Å². The number of aromatic nitrogens is 2. The number of aryl methyl sites for hydroxylation is 1. The van der Waals surface area contributed by atoms with Crippen molar-refractivity contribution < 1.29 is 4.79 Å². The molecule has 6 heteroatoms. The topological polar surface area (TPSA) is 49.3 Å². The van der Waals surface area contributed by atoms with Crippen LogP contribution in [0.25, 0.3) is 0 Å². The fourth-order valence-corrected chi connectivity index (χ4v) is 3.61. The van der Waals surface area contributed by atoms with E-state index in [0.29, 0.717) is 17.1 Å². The van der Waals surface area contributed by atoms with E-state index in [1.807, 2.05) is 13.8 Å². The van der Waals surface area contributed by atoms with Gasteiger partial charge < -0.3 is 9.80 Å². The zero-order chi connectivity index (χ0) is 15.7. The molecule has 22 heavy (non-hydrogen) atoms. The molecular formula is C16H23ClN4O. The molecule has 0 radical (unpaired) electrons. The van der Waals surface area contributed by atoms with Crippen molar-refractivity contribution in [3.8, 4) is 0 Å². The van der Waals surface area contributed by atoms with E-state index in [0.717, 1.165) is 68.9 Å². The lowest BCUT2D eigenvalue weighted by Crippen LogP contribution is -2.45. The Morgan fingerprint density at radius 2 is 1.95 bits per heavy atom. The normalized spacial score (nSPS) is 20.0. The summed E-state index contributed by atoms with van der Waals surface area (Å²) in [5.41, 5.74) is 0.953. The first-order chi connectivity index (χ1) is 10.6. The van der Waals surface area contributed by atoms with Crippen molar-refractivity contribution >= 4 is 23.3 Å². The summed E-state index contributed by atoms with van der Waals surface area (Å²) >= 11 is 6.24. The highest BCUT2D eigenvalue weighted by Gasteiger charge is 2.31. The highest BCUT2D eigenvalue weighted by atomic mass is 35.5. The number of nitrogens with zero attached hydrogens (tertiary/aromatic N) is 4. The molecular weight excluding hydrogens is 300 g/mol. The summed E-state index contributed by atoms with van der Waals surface area (Å²) in [6.45, 7) is 6.79. The van der Waals surface area contributed by atoms with Crippen molar-refractivity contribution in [2.75, 3.05) is 24.5 Å². The highest BCUT2D eigenvalue weighted by molar-refractivity contribution is 6.30. The Labute approximate surface area is 136 Å². The van der Waals surface area contributed by atoms with E-state index in [2.05, 4.69) is 19.8 Å². The second-order valence-corrected chi connectivity index (χ2v) is 6.50. The molecule has 2 aliphatic heterocycles. The fourth-order valence-electron chi connectivity index (χ4n) is 3.43. The van der Waals surface area contributed by atoms with Crippen LogP contribution < -0.4 is 4.90 Å². The van der Waals surface area contributed by atoms with Crippen LogP contribution in [0.3, 0.4) is 0 Å². The zero-order valence-electron chi connectivity index (χ0n) is 13.3. The Kier molecular flexibility index (Phi) is 4.52. The maximum Gasteiger partial charge on any atom is 0.222 e. The standard InChI is InChI=1S/C16H23ClN4O/c1-3-13-18-15(17)11(2)16(19-13)20-9-6-12(7-10-20)21-8-4-5-14(21)22/h12H,3-10H2,1-2H3. The predicted octanol–water partition coefficient (Wildman–Crippen LogP) is 2.59. The summed E-state index contributed by atoms with van der Waals surface area (Å²) in [6.07, 6.45) is 4.54. The summed E-state index contributed by atoms with van der Waals surface area (Å²) in [5, 5.41) is 0.554. The maximum absolute atomic E-state index is 11.9. The first-order valence-corrected chi connectivity index (χ1v) is 8.55. The SMILES string of the molecule is CCc1nc(Cl)c(C)c(N2CCC(N3CCCC3=O)CC2)n1. The van der Waals surface area contributed by atoms with Crippen molar-refractivity contribution in [1.29, 1.82) is 0 Å². The Morgan fingerprint density at radius 1 is 1.23 bits per heavy atom. The second kappa shape index (κ2) is 6.41. The number of hydrogen-bond donors (Lipinski definition) is 0. The van der Waals surface area contributed by atoms with Crippen LogP contribution in [0, 0.1) is 6.92 Å². The van der Waals surface area contributed by atoms with Gasteiger partial charge >= 0.3 is 0 Å². The largest absolute Gasteiger partial charge is 0.356 e. The molecule has 1 aromatic heterocycles. The quantitative estimate of drug-likeness (QED) is 0.803. The monoisotopic (exact) mass is 322 g/mol. The number of halogens is 1. The van der Waals surface area contributed by atoms with Crippen molar-refractivity contribution in [3.63, 3.8) is 0 Å². The molecule has 2 saturated heterocycles. The van der Waals surface area contributed by atoms with Gasteiger partial charge in [0.2, 0.25) is 5.91 Å².